The molecule has 2 aromatic heterocycles. The van der Waals surface area contributed by atoms with Crippen LogP contribution in [0.15, 0.2) is 140 Å². The van der Waals surface area contributed by atoms with Gasteiger partial charge in [0.1, 0.15) is 11.5 Å². The summed E-state index contributed by atoms with van der Waals surface area (Å²) in [4.78, 5) is 8.66. The highest BCUT2D eigenvalue weighted by Crippen LogP contribution is 2.52. The Hall–Kier alpha value is -4.79. The highest BCUT2D eigenvalue weighted by Gasteiger charge is 2.39. The lowest BCUT2D eigenvalue weighted by atomic mass is 9.94. The van der Waals surface area contributed by atoms with Crippen LogP contribution in [0.2, 0.25) is 0 Å². The van der Waals surface area contributed by atoms with Gasteiger partial charge in [-0.1, -0.05) is 60.7 Å². The zero-order valence-electron chi connectivity index (χ0n) is 20.9. The number of benzene rings is 4. The molecule has 0 saturated heterocycles. The van der Waals surface area contributed by atoms with Gasteiger partial charge in [0.25, 0.3) is 0 Å². The Morgan fingerprint density at radius 2 is 1.08 bits per heavy atom. The second-order valence-electron chi connectivity index (χ2n) is 9.48. The lowest BCUT2D eigenvalue weighted by molar-refractivity contribution is 0.485. The van der Waals surface area contributed by atoms with Crippen LogP contribution in [0, 0.1) is 0 Å². The van der Waals surface area contributed by atoms with Crippen LogP contribution in [0.4, 0.5) is 0 Å². The minimum absolute atomic E-state index is 0.625. The molecule has 39 heavy (non-hydrogen) atoms. The molecule has 5 heteroatoms. The van der Waals surface area contributed by atoms with Crippen molar-refractivity contribution in [3.05, 3.63) is 140 Å². The largest absolute Gasteiger partial charge is 0.456 e. The molecule has 1 unspecified atom stereocenters. The summed E-state index contributed by atoms with van der Waals surface area (Å²) >= 11 is 0. The molecule has 0 amide bonds. The van der Waals surface area contributed by atoms with Crippen molar-refractivity contribution in [1.29, 1.82) is 0 Å². The molecule has 0 bridgehead atoms. The second kappa shape index (κ2) is 9.50. The van der Waals surface area contributed by atoms with E-state index >= 15 is 4.57 Å². The van der Waals surface area contributed by atoms with E-state index in [2.05, 4.69) is 40.3 Å². The van der Waals surface area contributed by atoms with Crippen molar-refractivity contribution in [1.82, 2.24) is 9.97 Å². The number of hydrogen-bond donors (Lipinski definition) is 0. The second-order valence-corrected chi connectivity index (χ2v) is 12.2. The molecule has 0 fully saturated rings. The first-order valence-corrected chi connectivity index (χ1v) is 14.4. The van der Waals surface area contributed by atoms with Gasteiger partial charge in [-0.15, -0.1) is 0 Å². The van der Waals surface area contributed by atoms with Crippen LogP contribution in [0.1, 0.15) is 0 Å². The standard InChI is InChI=1S/C34H23N2O2P/c37-39(30-10-2-1-3-11-30)33-13-5-4-12-31(33)38-32-15-14-24(21-34(32)39)27-18-28(25-8-6-16-35-22-25)20-29(19-27)26-9-7-17-36-23-26/h1-23H. The number of ether oxygens (including phenoxy) is 1. The number of aromatic nitrogens is 2. The summed E-state index contributed by atoms with van der Waals surface area (Å²) in [5.74, 6) is 1.27. The summed E-state index contributed by atoms with van der Waals surface area (Å²) < 4.78 is 21.4. The number of rotatable bonds is 4. The third-order valence-electron chi connectivity index (χ3n) is 7.10. The van der Waals surface area contributed by atoms with E-state index in [0.717, 1.165) is 44.0 Å². The quantitative estimate of drug-likeness (QED) is 0.229. The van der Waals surface area contributed by atoms with Crippen molar-refractivity contribution < 1.29 is 9.30 Å². The number of hydrogen-bond acceptors (Lipinski definition) is 4. The average molecular weight is 523 g/mol. The third-order valence-corrected chi connectivity index (χ3v) is 10.2. The Bertz CT molecular complexity index is 1800. The van der Waals surface area contributed by atoms with E-state index in [1.54, 1.807) is 12.4 Å². The van der Waals surface area contributed by atoms with Gasteiger partial charge in [-0.3, -0.25) is 9.97 Å². The average Bonchev–Trinajstić information content (AvgIpc) is 3.02. The van der Waals surface area contributed by atoms with E-state index in [4.69, 9.17) is 4.74 Å². The summed E-state index contributed by atoms with van der Waals surface area (Å²) in [5, 5.41) is 2.22. The predicted molar refractivity (Wildman–Crippen MR) is 158 cm³/mol. The fourth-order valence-electron chi connectivity index (χ4n) is 5.19. The highest BCUT2D eigenvalue weighted by atomic mass is 31.2. The molecule has 0 spiro atoms. The van der Waals surface area contributed by atoms with Crippen LogP contribution in [-0.2, 0) is 4.57 Å². The van der Waals surface area contributed by atoms with Crippen LogP contribution in [0.25, 0.3) is 33.4 Å². The smallest absolute Gasteiger partial charge is 0.178 e. The fourth-order valence-corrected chi connectivity index (χ4v) is 8.08. The SMILES string of the molecule is O=P1(c2ccccc2)c2ccccc2Oc2ccc(-c3cc(-c4cccnc4)cc(-c4cccnc4)c3)cc21. The van der Waals surface area contributed by atoms with Crippen molar-refractivity contribution >= 4 is 23.1 Å². The number of para-hydroxylation sites is 1. The van der Waals surface area contributed by atoms with Crippen LogP contribution in [-0.4, -0.2) is 9.97 Å². The summed E-state index contributed by atoms with van der Waals surface area (Å²) in [6, 6.07) is 37.8. The molecule has 6 aromatic rings. The van der Waals surface area contributed by atoms with Crippen LogP contribution in [0.3, 0.4) is 0 Å². The van der Waals surface area contributed by atoms with Gasteiger partial charge < -0.3 is 9.30 Å². The molecular weight excluding hydrogens is 499 g/mol. The molecule has 0 N–H and O–H groups in total. The van der Waals surface area contributed by atoms with Crippen molar-refractivity contribution in [2.24, 2.45) is 0 Å². The topological polar surface area (TPSA) is 52.1 Å². The zero-order valence-corrected chi connectivity index (χ0v) is 21.8. The van der Waals surface area contributed by atoms with Gasteiger partial charge in [0.05, 0.1) is 10.6 Å². The maximum atomic E-state index is 15.1. The van der Waals surface area contributed by atoms with E-state index < -0.39 is 7.14 Å². The summed E-state index contributed by atoms with van der Waals surface area (Å²) in [7, 11) is -3.18. The first-order valence-electron chi connectivity index (χ1n) is 12.7. The molecule has 4 aromatic carbocycles. The molecule has 1 aliphatic rings. The van der Waals surface area contributed by atoms with Gasteiger partial charge in [-0.25, -0.2) is 0 Å². The van der Waals surface area contributed by atoms with E-state index in [-0.39, 0.29) is 0 Å². The maximum Gasteiger partial charge on any atom is 0.178 e. The van der Waals surface area contributed by atoms with Crippen molar-refractivity contribution in [2.45, 2.75) is 0 Å². The molecule has 7 rings (SSSR count). The molecule has 4 nitrogen and oxygen atoms in total. The van der Waals surface area contributed by atoms with Gasteiger partial charge in [-0.05, 0) is 76.9 Å². The molecule has 1 atom stereocenters. The normalized spacial score (nSPS) is 15.6. The summed E-state index contributed by atoms with van der Waals surface area (Å²) in [6.07, 6.45) is 7.29. The molecular formula is C34H23N2O2P. The lowest BCUT2D eigenvalue weighted by Crippen LogP contribution is -2.30. The predicted octanol–water partition coefficient (Wildman–Crippen LogP) is 7.22. The number of pyridine rings is 2. The minimum Gasteiger partial charge on any atom is -0.456 e. The van der Waals surface area contributed by atoms with E-state index in [1.807, 2.05) is 97.3 Å². The van der Waals surface area contributed by atoms with E-state index in [1.165, 1.54) is 0 Å². The summed E-state index contributed by atoms with van der Waals surface area (Å²) in [6.45, 7) is 0. The molecule has 0 aliphatic carbocycles. The Labute approximate surface area is 227 Å². The van der Waals surface area contributed by atoms with Gasteiger partial charge in [-0.2, -0.15) is 0 Å². The monoisotopic (exact) mass is 522 g/mol. The fraction of sp³-hybridized carbons (Fsp3) is 0. The van der Waals surface area contributed by atoms with Crippen LogP contribution in [0.5, 0.6) is 11.5 Å². The summed E-state index contributed by atoms with van der Waals surface area (Å²) in [5.41, 5.74) is 6.11. The van der Waals surface area contributed by atoms with Gasteiger partial charge in [0.15, 0.2) is 7.14 Å². The molecule has 186 valence electrons. The Kier molecular flexibility index (Phi) is 5.69. The molecule has 0 saturated carbocycles. The van der Waals surface area contributed by atoms with Crippen LogP contribution < -0.4 is 20.7 Å². The maximum absolute atomic E-state index is 15.1. The van der Waals surface area contributed by atoms with Gasteiger partial charge >= 0.3 is 0 Å². The van der Waals surface area contributed by atoms with E-state index in [0.29, 0.717) is 16.8 Å². The first-order chi connectivity index (χ1) is 19.2. The number of fused-ring (bicyclic) bond motifs is 2. The Balaban J connectivity index is 1.45. The lowest BCUT2D eigenvalue weighted by Gasteiger charge is -2.29. The minimum atomic E-state index is -3.18. The highest BCUT2D eigenvalue weighted by molar-refractivity contribution is 7.85. The van der Waals surface area contributed by atoms with Crippen molar-refractivity contribution in [3.8, 4) is 44.9 Å². The first kappa shape index (κ1) is 23.3. The number of nitrogens with zero attached hydrogens (tertiary/aromatic N) is 2. The van der Waals surface area contributed by atoms with Gasteiger partial charge in [0, 0.05) is 41.2 Å². The van der Waals surface area contributed by atoms with E-state index in [9.17, 15) is 0 Å². The van der Waals surface area contributed by atoms with Crippen molar-refractivity contribution in [2.75, 3.05) is 0 Å². The van der Waals surface area contributed by atoms with Crippen molar-refractivity contribution in [3.63, 3.8) is 0 Å². The van der Waals surface area contributed by atoms with Crippen LogP contribution >= 0.6 is 7.14 Å². The van der Waals surface area contributed by atoms with Gasteiger partial charge in [0.2, 0.25) is 0 Å². The third kappa shape index (κ3) is 4.06. The Morgan fingerprint density at radius 3 is 1.72 bits per heavy atom. The Morgan fingerprint density at radius 1 is 0.487 bits per heavy atom. The zero-order chi connectivity index (χ0) is 26.2. The molecule has 1 aliphatic heterocycles. The molecule has 3 heterocycles. The molecule has 0 radical (unpaired) electrons.